The van der Waals surface area contributed by atoms with Crippen molar-refractivity contribution in [2.75, 3.05) is 27.6 Å². The first-order valence-electron chi connectivity index (χ1n) is 11.8. The van der Waals surface area contributed by atoms with E-state index < -0.39 is 29.1 Å². The Balaban J connectivity index is 1.71. The van der Waals surface area contributed by atoms with Gasteiger partial charge in [0.15, 0.2) is 11.5 Å². The Morgan fingerprint density at radius 1 is 1.13 bits per heavy atom. The van der Waals surface area contributed by atoms with Crippen molar-refractivity contribution in [3.8, 4) is 28.7 Å². The van der Waals surface area contributed by atoms with Gasteiger partial charge in [-0.25, -0.2) is 4.79 Å². The van der Waals surface area contributed by atoms with Crippen LogP contribution >= 0.6 is 0 Å². The molecule has 200 valence electrons. The maximum Gasteiger partial charge on any atom is 0.343 e. The molecule has 0 radical (unpaired) electrons. The van der Waals surface area contributed by atoms with Crippen LogP contribution in [0.15, 0.2) is 47.4 Å². The topological polar surface area (TPSA) is 145 Å². The van der Waals surface area contributed by atoms with Gasteiger partial charge in [0.1, 0.15) is 17.1 Å². The molecule has 3 N–H and O–H groups in total. The number of fused-ring (bicyclic) bond motifs is 1. The van der Waals surface area contributed by atoms with Crippen LogP contribution in [0.1, 0.15) is 46.3 Å². The van der Waals surface area contributed by atoms with Crippen LogP contribution in [0.4, 0.5) is 0 Å². The molecule has 11 heteroatoms. The Kier molecular flexibility index (Phi) is 8.05. The number of amides is 1. The summed E-state index contributed by atoms with van der Waals surface area (Å²) >= 11 is 0. The number of hydrogen-bond acceptors (Lipinski definition) is 9. The van der Waals surface area contributed by atoms with Crippen molar-refractivity contribution in [1.29, 1.82) is 0 Å². The average molecular weight is 525 g/mol. The van der Waals surface area contributed by atoms with E-state index in [2.05, 4.69) is 10.3 Å². The zero-order valence-corrected chi connectivity index (χ0v) is 21.2. The zero-order valence-electron chi connectivity index (χ0n) is 21.2. The minimum absolute atomic E-state index is 0.0215. The van der Waals surface area contributed by atoms with Crippen molar-refractivity contribution in [2.24, 2.45) is 0 Å². The molecule has 1 atom stereocenters. The van der Waals surface area contributed by atoms with E-state index in [1.165, 1.54) is 7.11 Å². The number of nitrogens with one attached hydrogen (secondary N) is 2. The van der Waals surface area contributed by atoms with Crippen LogP contribution < -0.4 is 29.8 Å². The molecule has 11 nitrogen and oxygen atoms in total. The number of aromatic hydroxyl groups is 1. The van der Waals surface area contributed by atoms with Gasteiger partial charge in [0.2, 0.25) is 18.4 Å². The molecule has 0 saturated carbocycles. The minimum atomic E-state index is -0.979. The highest BCUT2D eigenvalue weighted by Crippen LogP contribution is 2.45. The summed E-state index contributed by atoms with van der Waals surface area (Å²) in [6.07, 6.45) is 0.849. The first-order chi connectivity index (χ1) is 18.4. The summed E-state index contributed by atoms with van der Waals surface area (Å²) in [5, 5.41) is 13.9. The fourth-order valence-electron chi connectivity index (χ4n) is 4.16. The summed E-state index contributed by atoms with van der Waals surface area (Å²) in [6, 6.07) is 10.4. The van der Waals surface area contributed by atoms with E-state index in [-0.39, 0.29) is 37.5 Å². The van der Waals surface area contributed by atoms with Crippen molar-refractivity contribution < 1.29 is 38.4 Å². The van der Waals surface area contributed by atoms with Gasteiger partial charge in [0.05, 0.1) is 26.4 Å². The maximum absolute atomic E-state index is 13.1. The number of methoxy groups -OCH3 is 2. The molecule has 3 aromatic rings. The molecule has 1 aliphatic heterocycles. The van der Waals surface area contributed by atoms with Crippen LogP contribution in [-0.4, -0.2) is 49.6 Å². The number of benzene rings is 2. The van der Waals surface area contributed by atoms with Crippen LogP contribution in [0.2, 0.25) is 0 Å². The molecule has 0 bridgehead atoms. The van der Waals surface area contributed by atoms with E-state index >= 15 is 0 Å². The van der Waals surface area contributed by atoms with E-state index in [0.717, 1.165) is 11.8 Å². The molecule has 1 aliphatic rings. The van der Waals surface area contributed by atoms with Crippen molar-refractivity contribution >= 4 is 11.9 Å². The third-order valence-electron chi connectivity index (χ3n) is 6.07. The Morgan fingerprint density at radius 2 is 1.89 bits per heavy atom. The van der Waals surface area contributed by atoms with Gasteiger partial charge in [0, 0.05) is 25.1 Å². The Morgan fingerprint density at radius 3 is 2.58 bits per heavy atom. The van der Waals surface area contributed by atoms with Gasteiger partial charge in [0.25, 0.3) is 5.56 Å². The molecule has 0 saturated heterocycles. The summed E-state index contributed by atoms with van der Waals surface area (Å²) in [4.78, 5) is 41.0. The molecule has 4 rings (SSSR count). The smallest absolute Gasteiger partial charge is 0.343 e. The number of rotatable bonds is 10. The van der Waals surface area contributed by atoms with Crippen LogP contribution in [0.25, 0.3) is 0 Å². The Hall–Kier alpha value is -4.67. The fourth-order valence-corrected chi connectivity index (χ4v) is 4.16. The van der Waals surface area contributed by atoms with E-state index in [1.807, 2.05) is 12.1 Å². The molecular weight excluding hydrogens is 496 g/mol. The molecule has 0 fully saturated rings. The second-order valence-corrected chi connectivity index (χ2v) is 8.35. The highest BCUT2D eigenvalue weighted by Gasteiger charge is 2.31. The van der Waals surface area contributed by atoms with E-state index in [4.69, 9.17) is 23.7 Å². The van der Waals surface area contributed by atoms with Crippen LogP contribution in [0, 0.1) is 0 Å². The van der Waals surface area contributed by atoms with Gasteiger partial charge in [-0.15, -0.1) is 0 Å². The van der Waals surface area contributed by atoms with Crippen LogP contribution in [0.5, 0.6) is 28.7 Å². The predicted molar refractivity (Wildman–Crippen MR) is 135 cm³/mol. The van der Waals surface area contributed by atoms with E-state index in [9.17, 15) is 19.5 Å². The molecule has 2 aromatic carbocycles. The number of ether oxygens (including phenoxy) is 5. The lowest BCUT2D eigenvalue weighted by Crippen LogP contribution is -2.27. The normalized spacial score (nSPS) is 12.5. The van der Waals surface area contributed by atoms with Gasteiger partial charge in [-0.05, 0) is 42.3 Å². The number of pyridine rings is 1. The molecule has 2 heterocycles. The summed E-state index contributed by atoms with van der Waals surface area (Å²) < 4.78 is 26.6. The Labute approximate surface area is 218 Å². The highest BCUT2D eigenvalue weighted by atomic mass is 16.7. The lowest BCUT2D eigenvalue weighted by atomic mass is 9.87. The SMILES string of the molecule is CCOC(=O)c1c[nH]c(=O)c(C(CC(=O)NCc2ccc(OC)cc2)c2cc(OC)c3c(c2)OCO3)c1O. The largest absolute Gasteiger partial charge is 0.506 e. The van der Waals surface area contributed by atoms with Gasteiger partial charge in [-0.1, -0.05) is 12.1 Å². The number of carbonyl (C=O) groups is 2. The second-order valence-electron chi connectivity index (χ2n) is 8.35. The van der Waals surface area contributed by atoms with Crippen LogP contribution in [-0.2, 0) is 16.1 Å². The minimum Gasteiger partial charge on any atom is -0.506 e. The second kappa shape index (κ2) is 11.6. The number of hydrogen-bond donors (Lipinski definition) is 3. The number of esters is 1. The van der Waals surface area contributed by atoms with Crippen molar-refractivity contribution in [2.45, 2.75) is 25.8 Å². The van der Waals surface area contributed by atoms with Gasteiger partial charge >= 0.3 is 5.97 Å². The molecule has 0 aliphatic carbocycles. The summed E-state index contributed by atoms with van der Waals surface area (Å²) in [5.74, 6) is -0.998. The van der Waals surface area contributed by atoms with Gasteiger partial charge in [-0.2, -0.15) is 0 Å². The molecule has 1 aromatic heterocycles. The third-order valence-corrected chi connectivity index (χ3v) is 6.07. The molecule has 1 unspecified atom stereocenters. The van der Waals surface area contributed by atoms with Crippen LogP contribution in [0.3, 0.4) is 0 Å². The quantitative estimate of drug-likeness (QED) is 0.341. The lowest BCUT2D eigenvalue weighted by Gasteiger charge is -2.20. The fraction of sp³-hybridized carbons (Fsp3) is 0.296. The number of carbonyl (C=O) groups excluding carboxylic acids is 2. The average Bonchev–Trinajstić information content (AvgIpc) is 3.40. The number of H-pyrrole nitrogens is 1. The predicted octanol–water partition coefficient (Wildman–Crippen LogP) is 2.84. The maximum atomic E-state index is 13.1. The Bertz CT molecular complexity index is 1380. The summed E-state index contributed by atoms with van der Waals surface area (Å²) in [7, 11) is 3.01. The monoisotopic (exact) mass is 524 g/mol. The molecule has 38 heavy (non-hydrogen) atoms. The number of aromatic amines is 1. The van der Waals surface area contributed by atoms with Gasteiger partial charge < -0.3 is 39.1 Å². The lowest BCUT2D eigenvalue weighted by molar-refractivity contribution is -0.121. The van der Waals surface area contributed by atoms with E-state index in [0.29, 0.717) is 28.6 Å². The number of aromatic nitrogens is 1. The van der Waals surface area contributed by atoms with Crippen molar-refractivity contribution in [3.63, 3.8) is 0 Å². The zero-order chi connectivity index (χ0) is 27.2. The van der Waals surface area contributed by atoms with Gasteiger partial charge in [-0.3, -0.25) is 9.59 Å². The third kappa shape index (κ3) is 5.51. The standard InChI is InChI=1S/C27H28N2O9/c1-4-36-27(33)19-13-29-26(32)23(24(19)31)18(16-9-20(35-3)25-21(10-16)37-14-38-25)11-22(30)28-12-15-5-7-17(34-2)8-6-15/h5-10,13,18H,4,11-12,14H2,1-3H3,(H,28,30)(H2,29,31,32). The molecule has 0 spiro atoms. The molecular formula is C27H28N2O9. The first kappa shape index (κ1) is 26.4. The summed E-state index contributed by atoms with van der Waals surface area (Å²) in [5.41, 5.74) is 0.215. The molecule has 1 amide bonds. The first-order valence-corrected chi connectivity index (χ1v) is 11.8. The van der Waals surface area contributed by atoms with E-state index in [1.54, 1.807) is 38.3 Å². The summed E-state index contributed by atoms with van der Waals surface area (Å²) in [6.45, 7) is 1.90. The van der Waals surface area contributed by atoms with Crippen molar-refractivity contribution in [3.05, 3.63) is 75.2 Å². The highest BCUT2D eigenvalue weighted by molar-refractivity contribution is 5.92. The van der Waals surface area contributed by atoms with Crippen molar-refractivity contribution in [1.82, 2.24) is 10.3 Å².